The molecule has 1 amide bonds. The van der Waals surface area contributed by atoms with Crippen LogP contribution < -0.4 is 15.6 Å². The third-order valence-electron chi connectivity index (χ3n) is 3.53. The minimum atomic E-state index is -4.64. The Bertz CT molecular complexity index is 745. The van der Waals surface area contributed by atoms with E-state index in [1.807, 2.05) is 0 Å². The van der Waals surface area contributed by atoms with Crippen LogP contribution in [0.25, 0.3) is 0 Å². The topological polar surface area (TPSA) is 83.9 Å². The molecule has 0 spiro atoms. The lowest BCUT2D eigenvalue weighted by molar-refractivity contribution is -0.172. The van der Waals surface area contributed by atoms with Gasteiger partial charge in [-0.2, -0.15) is 13.2 Å². The normalized spacial score (nSPS) is 15.6. The van der Waals surface area contributed by atoms with E-state index >= 15 is 0 Å². The zero-order chi connectivity index (χ0) is 18.9. The molecule has 11 heteroatoms. The number of rotatable bonds is 4. The number of likely N-dealkylation sites (N-methyl/N-ethyl adjacent to an activating group) is 1. The van der Waals surface area contributed by atoms with Gasteiger partial charge in [-0.15, -0.1) is 0 Å². The number of esters is 1. The second-order valence-corrected chi connectivity index (χ2v) is 5.75. The van der Waals surface area contributed by atoms with E-state index in [-0.39, 0.29) is 6.54 Å². The number of fused-ring (bicyclic) bond motifs is 1. The second-order valence-electron chi connectivity index (χ2n) is 5.75. The first kappa shape index (κ1) is 18.8. The van der Waals surface area contributed by atoms with Gasteiger partial charge in [0.25, 0.3) is 5.91 Å². The van der Waals surface area contributed by atoms with Crippen molar-refractivity contribution < 1.29 is 27.5 Å². The number of pyridine rings is 1. The summed E-state index contributed by atoms with van der Waals surface area (Å²) in [5.41, 5.74) is 1.32. The monoisotopic (exact) mass is 362 g/mol. The van der Waals surface area contributed by atoms with Gasteiger partial charge in [-0.3, -0.25) is 24.0 Å². The zero-order valence-corrected chi connectivity index (χ0v) is 13.8. The molecule has 1 aromatic heterocycles. The number of aromatic nitrogens is 1. The van der Waals surface area contributed by atoms with Crippen molar-refractivity contribution in [3.63, 3.8) is 0 Å². The molecule has 1 aliphatic heterocycles. The molecule has 0 saturated heterocycles. The highest BCUT2D eigenvalue weighted by molar-refractivity contribution is 5.97. The minimum Gasteiger partial charge on any atom is -0.419 e. The highest BCUT2D eigenvalue weighted by atomic mass is 19.4. The summed E-state index contributed by atoms with van der Waals surface area (Å²) in [4.78, 5) is 38.3. The highest BCUT2D eigenvalue weighted by Gasteiger charge is 2.44. The summed E-state index contributed by atoms with van der Waals surface area (Å²) in [7, 11) is 3.18. The minimum absolute atomic E-state index is 0.169. The predicted molar refractivity (Wildman–Crippen MR) is 80.8 cm³/mol. The van der Waals surface area contributed by atoms with Gasteiger partial charge in [0.1, 0.15) is 12.7 Å². The Morgan fingerprint density at radius 1 is 1.40 bits per heavy atom. The van der Waals surface area contributed by atoms with E-state index in [0.717, 1.165) is 17.7 Å². The Labute approximate surface area is 140 Å². The predicted octanol–water partition coefficient (Wildman–Crippen LogP) is 0.223. The summed E-state index contributed by atoms with van der Waals surface area (Å²) in [6.45, 7) is 0.243. The number of alkyl halides is 3. The second kappa shape index (κ2) is 6.75. The van der Waals surface area contributed by atoms with Crippen molar-refractivity contribution in [2.75, 3.05) is 32.7 Å². The molecular formula is C14H17F3N4O4. The van der Waals surface area contributed by atoms with Crippen molar-refractivity contribution in [3.8, 4) is 5.75 Å². The van der Waals surface area contributed by atoms with Crippen molar-refractivity contribution in [3.05, 3.63) is 28.2 Å². The third kappa shape index (κ3) is 3.92. The lowest BCUT2D eigenvalue weighted by atomic mass is 10.2. The molecule has 0 aliphatic carbocycles. The first-order chi connectivity index (χ1) is 11.5. The number of halogens is 3. The molecule has 0 radical (unpaired) electrons. The van der Waals surface area contributed by atoms with Crippen molar-refractivity contribution in [1.82, 2.24) is 14.5 Å². The van der Waals surface area contributed by atoms with Gasteiger partial charge in [0.15, 0.2) is 5.69 Å². The Balaban J connectivity index is 2.42. The summed E-state index contributed by atoms with van der Waals surface area (Å²) in [5, 5.41) is 0. The summed E-state index contributed by atoms with van der Waals surface area (Å²) in [5.74, 6) is -2.48. The summed E-state index contributed by atoms with van der Waals surface area (Å²) >= 11 is 0. The molecule has 1 atom stereocenters. The molecule has 1 N–H and O–H groups in total. The first-order valence-corrected chi connectivity index (χ1v) is 7.25. The maximum atomic E-state index is 12.9. The van der Waals surface area contributed by atoms with Gasteiger partial charge >= 0.3 is 12.1 Å². The molecule has 0 aromatic carbocycles. The Morgan fingerprint density at radius 3 is 2.60 bits per heavy atom. The molecule has 138 valence electrons. The lowest BCUT2D eigenvalue weighted by Crippen LogP contribution is -2.54. The Morgan fingerprint density at radius 2 is 2.04 bits per heavy atom. The van der Waals surface area contributed by atoms with Gasteiger partial charge in [0.05, 0.1) is 6.54 Å². The Hall–Kier alpha value is -2.56. The number of hydrogen-bond donors (Lipinski definition) is 1. The molecular weight excluding hydrogens is 345 g/mol. The van der Waals surface area contributed by atoms with Crippen LogP contribution in [-0.4, -0.2) is 65.9 Å². The van der Waals surface area contributed by atoms with Crippen LogP contribution in [0.2, 0.25) is 0 Å². The van der Waals surface area contributed by atoms with E-state index in [9.17, 15) is 27.6 Å². The van der Waals surface area contributed by atoms with Crippen molar-refractivity contribution in [2.45, 2.75) is 19.1 Å². The van der Waals surface area contributed by atoms with E-state index in [1.165, 1.54) is 11.1 Å². The maximum absolute atomic E-state index is 12.9. The average Bonchev–Trinajstić information content (AvgIpc) is 2.48. The van der Waals surface area contributed by atoms with Gasteiger partial charge in [-0.25, -0.2) is 0 Å². The smallest absolute Gasteiger partial charge is 0.408 e. The average molecular weight is 362 g/mol. The largest absolute Gasteiger partial charge is 0.419 e. The number of nitrogens with zero attached hydrogens (tertiary/aromatic N) is 3. The maximum Gasteiger partial charge on any atom is 0.408 e. The Kier molecular flexibility index (Phi) is 5.07. The fourth-order valence-corrected chi connectivity index (χ4v) is 2.20. The van der Waals surface area contributed by atoms with Crippen molar-refractivity contribution in [2.24, 2.45) is 0 Å². The van der Waals surface area contributed by atoms with E-state index in [0.29, 0.717) is 4.90 Å². The quantitative estimate of drug-likeness (QED) is 0.772. The van der Waals surface area contributed by atoms with Gasteiger partial charge < -0.3 is 15.1 Å². The van der Waals surface area contributed by atoms with Crippen LogP contribution in [0.5, 0.6) is 5.75 Å². The molecule has 0 bridgehead atoms. The molecule has 0 unspecified atom stereocenters. The van der Waals surface area contributed by atoms with Gasteiger partial charge in [-0.05, 0) is 21.0 Å². The van der Waals surface area contributed by atoms with Crippen LogP contribution in [-0.2, 0) is 4.79 Å². The van der Waals surface area contributed by atoms with Crippen molar-refractivity contribution in [1.29, 1.82) is 0 Å². The number of hydrogen-bond acceptors (Lipinski definition) is 6. The van der Waals surface area contributed by atoms with Crippen LogP contribution in [0.1, 0.15) is 17.4 Å². The van der Waals surface area contributed by atoms with E-state index < -0.39 is 47.6 Å². The molecule has 0 saturated carbocycles. The van der Waals surface area contributed by atoms with E-state index in [4.69, 9.17) is 4.74 Å². The van der Waals surface area contributed by atoms with Crippen LogP contribution >= 0.6 is 0 Å². The molecule has 0 fully saturated rings. The molecule has 8 nitrogen and oxygen atoms in total. The zero-order valence-electron chi connectivity index (χ0n) is 13.8. The van der Waals surface area contributed by atoms with E-state index in [1.54, 1.807) is 14.1 Å². The SMILES string of the molecule is C[C@@H](N1CNn2ccc(=O)c(OC(=O)CN(C)C)c2C1=O)C(F)(F)F. The molecule has 2 rings (SSSR count). The number of ether oxygens (including phenoxy) is 1. The van der Waals surface area contributed by atoms with Crippen molar-refractivity contribution >= 4 is 11.9 Å². The standard InChI is InChI=1S/C14H17F3N4O4/c1-8(14(15,16)17)20-7-18-21-5-4-9(22)12(11(21)13(20)24)25-10(23)6-19(2)3/h4-5,8,18H,6-7H2,1-3H3/t8-/m1/s1. The lowest BCUT2D eigenvalue weighted by Gasteiger charge is -2.36. The van der Waals surface area contributed by atoms with Gasteiger partial charge in [-0.1, -0.05) is 0 Å². The third-order valence-corrected chi connectivity index (χ3v) is 3.53. The fourth-order valence-electron chi connectivity index (χ4n) is 2.20. The van der Waals surface area contributed by atoms with E-state index in [2.05, 4.69) is 5.43 Å². The molecule has 1 aliphatic rings. The summed E-state index contributed by atoms with van der Waals surface area (Å²) < 4.78 is 44.8. The number of nitrogens with one attached hydrogen (secondary N) is 1. The molecule has 25 heavy (non-hydrogen) atoms. The number of carbonyl (C=O) groups excluding carboxylic acids is 2. The fraction of sp³-hybridized carbons (Fsp3) is 0.500. The van der Waals surface area contributed by atoms with Gasteiger partial charge in [0, 0.05) is 12.3 Å². The molecule has 1 aromatic rings. The number of amides is 1. The van der Waals surface area contributed by atoms with Crippen LogP contribution in [0.4, 0.5) is 13.2 Å². The van der Waals surface area contributed by atoms with Crippen LogP contribution in [0, 0.1) is 0 Å². The molecule has 2 heterocycles. The van der Waals surface area contributed by atoms with Gasteiger partial charge in [0.2, 0.25) is 11.2 Å². The number of carbonyl (C=O) groups is 2. The van der Waals surface area contributed by atoms with Crippen LogP contribution in [0.3, 0.4) is 0 Å². The first-order valence-electron chi connectivity index (χ1n) is 7.25. The van der Waals surface area contributed by atoms with Crippen LogP contribution in [0.15, 0.2) is 17.1 Å². The highest BCUT2D eigenvalue weighted by Crippen LogP contribution is 2.28. The summed E-state index contributed by atoms with van der Waals surface area (Å²) in [6, 6.07) is -1.04. The summed E-state index contributed by atoms with van der Waals surface area (Å²) in [6.07, 6.45) is -3.45.